The van der Waals surface area contributed by atoms with E-state index in [9.17, 15) is 0 Å². The monoisotopic (exact) mass is 502 g/mol. The first-order valence-corrected chi connectivity index (χ1v) is 13.5. The number of nitrogens with zero attached hydrogens (tertiary/aromatic N) is 2. The lowest BCUT2D eigenvalue weighted by molar-refractivity contribution is 1.13. The van der Waals surface area contributed by atoms with E-state index < -0.39 is 0 Å². The van der Waals surface area contributed by atoms with Gasteiger partial charge in [-0.3, -0.25) is 0 Å². The number of hydrogen-bond donors (Lipinski definition) is 0. The van der Waals surface area contributed by atoms with Gasteiger partial charge in [0.2, 0.25) is 0 Å². The molecule has 0 aromatic heterocycles. The van der Waals surface area contributed by atoms with Crippen LogP contribution in [0.25, 0.3) is 35.1 Å². The SMILES string of the molecule is Cc1c(/C=C/c2ccc(N(C)C)cc2)c(C)c2c(C)c(C)c(/C=C/c3ccc(N(C)C)cc3)c(C)c2c1C. The van der Waals surface area contributed by atoms with Crippen molar-refractivity contribution in [1.82, 2.24) is 0 Å². The molecule has 0 aliphatic heterocycles. The minimum Gasteiger partial charge on any atom is -0.378 e. The van der Waals surface area contributed by atoms with Gasteiger partial charge >= 0.3 is 0 Å². The molecule has 0 N–H and O–H groups in total. The van der Waals surface area contributed by atoms with Crippen molar-refractivity contribution in [3.63, 3.8) is 0 Å². The lowest BCUT2D eigenvalue weighted by Crippen LogP contribution is -2.07. The molecule has 38 heavy (non-hydrogen) atoms. The van der Waals surface area contributed by atoms with Crippen LogP contribution in [-0.4, -0.2) is 28.2 Å². The van der Waals surface area contributed by atoms with Crippen LogP contribution in [0.15, 0.2) is 48.5 Å². The molecule has 2 heteroatoms. The molecule has 0 aliphatic carbocycles. The van der Waals surface area contributed by atoms with Crippen molar-refractivity contribution in [3.8, 4) is 0 Å². The highest BCUT2D eigenvalue weighted by Crippen LogP contribution is 2.39. The number of rotatable bonds is 6. The number of anilines is 2. The zero-order valence-corrected chi connectivity index (χ0v) is 24.8. The van der Waals surface area contributed by atoms with Crippen LogP contribution in [0.3, 0.4) is 0 Å². The van der Waals surface area contributed by atoms with Gasteiger partial charge in [-0.25, -0.2) is 0 Å². The summed E-state index contributed by atoms with van der Waals surface area (Å²) in [7, 11) is 8.30. The van der Waals surface area contributed by atoms with Gasteiger partial charge in [0.25, 0.3) is 0 Å². The molecule has 0 saturated carbocycles. The third-order valence-corrected chi connectivity index (χ3v) is 8.19. The number of benzene rings is 4. The van der Waals surface area contributed by atoms with E-state index in [1.165, 1.54) is 77.8 Å². The molecule has 196 valence electrons. The third kappa shape index (κ3) is 5.13. The Labute approximate surface area is 229 Å². The van der Waals surface area contributed by atoms with Crippen molar-refractivity contribution in [2.45, 2.75) is 41.5 Å². The zero-order chi connectivity index (χ0) is 27.7. The second kappa shape index (κ2) is 10.9. The standard InChI is InChI=1S/C36H42N2/c1-23-25(3)35-28(6)34(22-16-30-13-19-32(20-14-30)38(9)10)24(2)26(4)36(35)27(5)33(23)21-15-29-11-17-31(18-12-29)37(7)8/h11-22H,1-10H3/b21-15+,22-16+. The average Bonchev–Trinajstić information content (AvgIpc) is 2.89. The Bertz CT molecular complexity index is 1410. The summed E-state index contributed by atoms with van der Waals surface area (Å²) in [6.07, 6.45) is 9.09. The zero-order valence-electron chi connectivity index (χ0n) is 24.8. The summed E-state index contributed by atoms with van der Waals surface area (Å²) < 4.78 is 0. The van der Waals surface area contributed by atoms with Gasteiger partial charge < -0.3 is 9.80 Å². The Hall–Kier alpha value is -3.78. The van der Waals surface area contributed by atoms with Crippen molar-refractivity contribution in [1.29, 1.82) is 0 Å². The van der Waals surface area contributed by atoms with Gasteiger partial charge in [0.05, 0.1) is 0 Å². The first-order valence-electron chi connectivity index (χ1n) is 13.5. The van der Waals surface area contributed by atoms with Crippen LogP contribution in [0.2, 0.25) is 0 Å². The molecule has 0 aliphatic rings. The maximum atomic E-state index is 2.30. The highest BCUT2D eigenvalue weighted by atomic mass is 15.1. The highest BCUT2D eigenvalue weighted by Gasteiger charge is 2.18. The molecule has 0 heterocycles. The molecule has 0 saturated heterocycles. The molecule has 2 nitrogen and oxygen atoms in total. The first-order chi connectivity index (χ1) is 18.0. The summed E-state index contributed by atoms with van der Waals surface area (Å²) >= 11 is 0. The van der Waals surface area contributed by atoms with Crippen molar-refractivity contribution in [2.75, 3.05) is 38.0 Å². The fourth-order valence-corrected chi connectivity index (χ4v) is 5.55. The third-order valence-electron chi connectivity index (χ3n) is 8.19. The van der Waals surface area contributed by atoms with E-state index in [4.69, 9.17) is 0 Å². The van der Waals surface area contributed by atoms with Gasteiger partial charge in [-0.15, -0.1) is 0 Å². The topological polar surface area (TPSA) is 6.48 Å². The van der Waals surface area contributed by atoms with E-state index >= 15 is 0 Å². The normalized spacial score (nSPS) is 11.7. The average molecular weight is 503 g/mol. The molecule has 4 aromatic carbocycles. The van der Waals surface area contributed by atoms with Crippen LogP contribution in [0.5, 0.6) is 0 Å². The number of hydrogen-bond acceptors (Lipinski definition) is 2. The molecule has 4 rings (SSSR count). The van der Waals surface area contributed by atoms with Gasteiger partial charge in [-0.2, -0.15) is 0 Å². The minimum absolute atomic E-state index is 1.22. The van der Waals surface area contributed by atoms with Crippen LogP contribution >= 0.6 is 0 Å². The predicted molar refractivity (Wildman–Crippen MR) is 172 cm³/mol. The molecule has 4 aromatic rings. The second-order valence-electron chi connectivity index (χ2n) is 11.0. The van der Waals surface area contributed by atoms with Crippen LogP contribution in [-0.2, 0) is 0 Å². The summed E-state index contributed by atoms with van der Waals surface area (Å²) in [6.45, 7) is 13.7. The van der Waals surface area contributed by atoms with Crippen molar-refractivity contribution in [2.24, 2.45) is 0 Å². The predicted octanol–water partition coefficient (Wildman–Crippen LogP) is 9.16. The molecule has 0 unspecified atom stereocenters. The van der Waals surface area contributed by atoms with Crippen molar-refractivity contribution in [3.05, 3.63) is 104 Å². The summed E-state index contributed by atoms with van der Waals surface area (Å²) in [4.78, 5) is 4.26. The lowest BCUT2D eigenvalue weighted by Gasteiger charge is -2.22. The van der Waals surface area contributed by atoms with Gasteiger partial charge in [-0.05, 0) is 132 Å². The molecule has 0 spiro atoms. The van der Waals surface area contributed by atoms with Crippen LogP contribution in [0.4, 0.5) is 11.4 Å². The van der Waals surface area contributed by atoms with E-state index in [1.54, 1.807) is 0 Å². The van der Waals surface area contributed by atoms with Crippen molar-refractivity contribution >= 4 is 46.5 Å². The van der Waals surface area contributed by atoms with Crippen LogP contribution in [0, 0.1) is 41.5 Å². The fourth-order valence-electron chi connectivity index (χ4n) is 5.55. The smallest absolute Gasteiger partial charge is 0.0361 e. The Morgan fingerprint density at radius 1 is 0.395 bits per heavy atom. The molecule has 0 radical (unpaired) electrons. The summed E-state index contributed by atoms with van der Waals surface area (Å²) in [5, 5.41) is 2.80. The van der Waals surface area contributed by atoms with E-state index in [2.05, 4.69) is 152 Å². The number of aryl methyl sites for hydroxylation is 4. The fraction of sp³-hybridized carbons (Fsp3) is 0.278. The quantitative estimate of drug-likeness (QED) is 0.243. The maximum absolute atomic E-state index is 2.30. The van der Waals surface area contributed by atoms with Crippen molar-refractivity contribution < 1.29 is 0 Å². The molecular formula is C36H42N2. The summed E-state index contributed by atoms with van der Waals surface area (Å²) in [6, 6.07) is 17.5. The second-order valence-corrected chi connectivity index (χ2v) is 11.0. The Morgan fingerprint density at radius 2 is 0.711 bits per heavy atom. The molecule has 0 fully saturated rings. The van der Waals surface area contributed by atoms with Crippen LogP contribution in [0.1, 0.15) is 55.6 Å². The Kier molecular flexibility index (Phi) is 7.83. The van der Waals surface area contributed by atoms with E-state index in [1.807, 2.05) is 0 Å². The van der Waals surface area contributed by atoms with Gasteiger partial charge in [0.15, 0.2) is 0 Å². The van der Waals surface area contributed by atoms with Gasteiger partial charge in [-0.1, -0.05) is 48.6 Å². The molecular weight excluding hydrogens is 460 g/mol. The Balaban J connectivity index is 1.79. The van der Waals surface area contributed by atoms with E-state index in [-0.39, 0.29) is 0 Å². The Morgan fingerprint density at radius 3 is 1.00 bits per heavy atom. The van der Waals surface area contributed by atoms with E-state index in [0.717, 1.165) is 0 Å². The first kappa shape index (κ1) is 27.3. The lowest BCUT2D eigenvalue weighted by atomic mass is 9.82. The van der Waals surface area contributed by atoms with Gasteiger partial charge in [0, 0.05) is 39.6 Å². The van der Waals surface area contributed by atoms with E-state index in [0.29, 0.717) is 0 Å². The molecule has 0 atom stereocenters. The highest BCUT2D eigenvalue weighted by molar-refractivity contribution is 6.01. The minimum atomic E-state index is 1.22. The number of fused-ring (bicyclic) bond motifs is 1. The molecule has 0 bridgehead atoms. The maximum Gasteiger partial charge on any atom is 0.0361 e. The molecule has 0 amide bonds. The summed E-state index contributed by atoms with van der Waals surface area (Å²) in [5.41, 5.74) is 15.7. The van der Waals surface area contributed by atoms with Gasteiger partial charge in [0.1, 0.15) is 0 Å². The summed E-state index contributed by atoms with van der Waals surface area (Å²) in [5.74, 6) is 0. The van der Waals surface area contributed by atoms with Crippen LogP contribution < -0.4 is 9.80 Å². The largest absolute Gasteiger partial charge is 0.378 e.